The molecule has 0 aromatic carbocycles. The molecule has 0 aliphatic heterocycles. The zero-order chi connectivity index (χ0) is 7.28. The second-order valence-corrected chi connectivity index (χ2v) is 3.15. The summed E-state index contributed by atoms with van der Waals surface area (Å²) >= 11 is 2.76. The molecule has 0 bridgehead atoms. The number of hydrogen-bond acceptors (Lipinski definition) is 2. The van der Waals surface area contributed by atoms with Gasteiger partial charge < -0.3 is 4.74 Å². The third-order valence-electron chi connectivity index (χ3n) is 0.667. The average Bonchev–Trinajstić information content (AvgIpc) is 1.63. The molecule has 0 saturated carbocycles. The molecule has 0 rings (SSSR count). The van der Waals surface area contributed by atoms with E-state index in [-0.39, 0.29) is 11.3 Å². The molecule has 0 N–H and O–H groups in total. The summed E-state index contributed by atoms with van der Waals surface area (Å²) in [6.07, 6.45) is 0. The lowest BCUT2D eigenvalue weighted by molar-refractivity contribution is -0.114. The van der Waals surface area contributed by atoms with Gasteiger partial charge in [0.05, 0.1) is 0 Å². The predicted octanol–water partition coefficient (Wildman–Crippen LogP) is 1.58. The maximum absolute atomic E-state index is 10.2. The zero-order valence-corrected chi connectivity index (χ0v) is 7.27. The van der Waals surface area contributed by atoms with Crippen molar-refractivity contribution in [3.8, 4) is 0 Å². The van der Waals surface area contributed by atoms with Crippen LogP contribution in [0.25, 0.3) is 0 Å². The lowest BCUT2D eigenvalue weighted by atomic mass is 10.2. The van der Waals surface area contributed by atoms with Gasteiger partial charge in [0.25, 0.3) is 0 Å². The lowest BCUT2D eigenvalue weighted by Crippen LogP contribution is -2.06. The van der Waals surface area contributed by atoms with Crippen molar-refractivity contribution < 1.29 is 9.53 Å². The summed E-state index contributed by atoms with van der Waals surface area (Å²) in [5.41, 5.74) is 0. The second-order valence-electron chi connectivity index (χ2n) is 2.26. The maximum atomic E-state index is 10.2. The number of halogens is 1. The van der Waals surface area contributed by atoms with Crippen molar-refractivity contribution in [3.05, 3.63) is 0 Å². The van der Waals surface area contributed by atoms with Crippen molar-refractivity contribution in [1.29, 1.82) is 0 Å². The molecule has 9 heavy (non-hydrogen) atoms. The van der Waals surface area contributed by atoms with Crippen LogP contribution in [0.15, 0.2) is 0 Å². The Balaban J connectivity index is 3.01. The van der Waals surface area contributed by atoms with E-state index in [0.29, 0.717) is 12.5 Å². The van der Waals surface area contributed by atoms with Gasteiger partial charge in [-0.05, 0) is 21.8 Å². The average molecular weight is 195 g/mol. The van der Waals surface area contributed by atoms with Gasteiger partial charge in [-0.15, -0.1) is 0 Å². The van der Waals surface area contributed by atoms with Crippen LogP contribution in [0.5, 0.6) is 0 Å². The Morgan fingerprint density at radius 2 is 2.22 bits per heavy atom. The van der Waals surface area contributed by atoms with E-state index in [4.69, 9.17) is 4.74 Å². The van der Waals surface area contributed by atoms with E-state index in [2.05, 4.69) is 15.9 Å². The van der Waals surface area contributed by atoms with Crippen LogP contribution in [0.2, 0.25) is 0 Å². The monoisotopic (exact) mass is 194 g/mol. The molecule has 2 nitrogen and oxygen atoms in total. The van der Waals surface area contributed by atoms with Crippen LogP contribution in [0.4, 0.5) is 0 Å². The molecule has 0 radical (unpaired) electrons. The third kappa shape index (κ3) is 8.11. The number of ether oxygens (including phenoxy) is 1. The summed E-state index contributed by atoms with van der Waals surface area (Å²) in [7, 11) is 0. The van der Waals surface area contributed by atoms with Crippen LogP contribution >= 0.6 is 15.9 Å². The van der Waals surface area contributed by atoms with Crippen molar-refractivity contribution in [2.45, 2.75) is 13.8 Å². The van der Waals surface area contributed by atoms with E-state index in [1.165, 1.54) is 0 Å². The van der Waals surface area contributed by atoms with Crippen LogP contribution in [0.3, 0.4) is 0 Å². The molecule has 0 aromatic heterocycles. The van der Waals surface area contributed by atoms with Gasteiger partial charge >= 0.3 is 0 Å². The minimum atomic E-state index is -0.0943. The quantitative estimate of drug-likeness (QED) is 0.636. The largest absolute Gasteiger partial charge is 0.372 e. The topological polar surface area (TPSA) is 26.3 Å². The van der Waals surface area contributed by atoms with Crippen LogP contribution in [-0.2, 0) is 9.53 Å². The fourth-order valence-electron chi connectivity index (χ4n) is 0.375. The Morgan fingerprint density at radius 3 is 2.56 bits per heavy atom. The summed E-state index contributed by atoms with van der Waals surface area (Å²) in [6, 6.07) is 0. The standard InChI is InChI=1S/C6H11BrO2/c1-5(2)3-9-4-6(7)8/h5H,3-4H2,1-2H3. The minimum absolute atomic E-state index is 0.0943. The smallest absolute Gasteiger partial charge is 0.223 e. The number of carbonyl (C=O) groups is 1. The van der Waals surface area contributed by atoms with Gasteiger partial charge in [0.1, 0.15) is 6.61 Å². The normalized spacial score (nSPS) is 10.2. The van der Waals surface area contributed by atoms with Gasteiger partial charge in [0, 0.05) is 6.61 Å². The fraction of sp³-hybridized carbons (Fsp3) is 0.833. The molecule has 0 heterocycles. The van der Waals surface area contributed by atoms with Crippen molar-refractivity contribution >= 4 is 20.6 Å². The molecule has 3 heteroatoms. The number of rotatable bonds is 4. The minimum Gasteiger partial charge on any atom is -0.372 e. The summed E-state index contributed by atoms with van der Waals surface area (Å²) in [5.74, 6) is 0.497. The van der Waals surface area contributed by atoms with Gasteiger partial charge in [0.15, 0.2) is 0 Å². The summed E-state index contributed by atoms with van der Waals surface area (Å²) in [6.45, 7) is 4.91. The van der Waals surface area contributed by atoms with Crippen molar-refractivity contribution in [1.82, 2.24) is 0 Å². The first-order valence-electron chi connectivity index (χ1n) is 2.89. The van der Waals surface area contributed by atoms with Crippen LogP contribution in [0, 0.1) is 5.92 Å². The van der Waals surface area contributed by atoms with E-state index < -0.39 is 0 Å². The predicted molar refractivity (Wildman–Crippen MR) is 39.6 cm³/mol. The Hall–Kier alpha value is 0.110. The third-order valence-corrected chi connectivity index (χ3v) is 0.896. The van der Waals surface area contributed by atoms with E-state index >= 15 is 0 Å². The molecule has 0 aliphatic rings. The molecule has 0 fully saturated rings. The molecule has 0 saturated heterocycles. The first-order chi connectivity index (χ1) is 4.13. The highest BCUT2D eigenvalue weighted by Gasteiger charge is 1.96. The van der Waals surface area contributed by atoms with Gasteiger partial charge in [0.2, 0.25) is 4.69 Å². The second kappa shape index (κ2) is 4.94. The molecular weight excluding hydrogens is 184 g/mol. The van der Waals surface area contributed by atoms with Crippen LogP contribution < -0.4 is 0 Å². The number of hydrogen-bond donors (Lipinski definition) is 0. The van der Waals surface area contributed by atoms with Crippen LogP contribution in [0.1, 0.15) is 13.8 Å². The Kier molecular flexibility index (Phi) is 5.00. The first kappa shape index (κ1) is 9.11. The van der Waals surface area contributed by atoms with E-state index in [0.717, 1.165) is 0 Å². The molecular formula is C6H11BrO2. The zero-order valence-electron chi connectivity index (χ0n) is 5.69. The Bertz CT molecular complexity index is 91.1. The highest BCUT2D eigenvalue weighted by atomic mass is 79.9. The van der Waals surface area contributed by atoms with Crippen molar-refractivity contribution in [2.75, 3.05) is 13.2 Å². The van der Waals surface area contributed by atoms with Crippen LogP contribution in [-0.4, -0.2) is 17.9 Å². The Labute approximate surface area is 63.7 Å². The lowest BCUT2D eigenvalue weighted by Gasteiger charge is -2.02. The molecule has 0 spiro atoms. The molecule has 0 aromatic rings. The molecule has 0 atom stereocenters. The summed E-state index contributed by atoms with van der Waals surface area (Å²) in [4.78, 5) is 10.2. The summed E-state index contributed by atoms with van der Waals surface area (Å²) < 4.78 is 4.87. The van der Waals surface area contributed by atoms with Gasteiger partial charge in [-0.1, -0.05) is 13.8 Å². The van der Waals surface area contributed by atoms with E-state index in [9.17, 15) is 4.79 Å². The van der Waals surface area contributed by atoms with Gasteiger partial charge in [-0.3, -0.25) is 4.79 Å². The highest BCUT2D eigenvalue weighted by molar-refractivity contribution is 9.18. The molecule has 0 amide bonds. The summed E-state index contributed by atoms with van der Waals surface area (Å²) in [5, 5.41) is 0. The van der Waals surface area contributed by atoms with Crippen molar-refractivity contribution in [2.24, 2.45) is 5.92 Å². The van der Waals surface area contributed by atoms with Gasteiger partial charge in [-0.25, -0.2) is 0 Å². The SMILES string of the molecule is CC(C)COCC(=O)Br. The molecule has 54 valence electrons. The maximum Gasteiger partial charge on any atom is 0.223 e. The fourth-order valence-corrected chi connectivity index (χ4v) is 0.537. The Morgan fingerprint density at radius 1 is 1.67 bits per heavy atom. The molecule has 0 unspecified atom stereocenters. The van der Waals surface area contributed by atoms with E-state index in [1.807, 2.05) is 13.8 Å². The van der Waals surface area contributed by atoms with E-state index in [1.54, 1.807) is 0 Å². The highest BCUT2D eigenvalue weighted by Crippen LogP contribution is 1.93. The number of carbonyl (C=O) groups excluding carboxylic acids is 1. The van der Waals surface area contributed by atoms with Gasteiger partial charge in [-0.2, -0.15) is 0 Å². The molecule has 0 aliphatic carbocycles. The van der Waals surface area contributed by atoms with Crippen molar-refractivity contribution in [3.63, 3.8) is 0 Å². The first-order valence-corrected chi connectivity index (χ1v) is 3.68.